The molecule has 0 amide bonds. The first-order valence-corrected chi connectivity index (χ1v) is 4.23. The SMILES string of the molecule is CC(C)(C=Cc1ccccc1)N=O. The summed E-state index contributed by atoms with van der Waals surface area (Å²) in [5.74, 6) is 0. The van der Waals surface area contributed by atoms with Gasteiger partial charge in [0, 0.05) is 0 Å². The Balaban J connectivity index is 2.75. The van der Waals surface area contributed by atoms with Gasteiger partial charge in [-0.3, -0.25) is 0 Å². The minimum atomic E-state index is -0.615. The van der Waals surface area contributed by atoms with E-state index in [0.717, 1.165) is 5.56 Å². The Morgan fingerprint density at radius 2 is 1.85 bits per heavy atom. The van der Waals surface area contributed by atoms with E-state index in [1.807, 2.05) is 36.4 Å². The summed E-state index contributed by atoms with van der Waals surface area (Å²) in [4.78, 5) is 10.3. The maximum Gasteiger partial charge on any atom is 0.115 e. The van der Waals surface area contributed by atoms with Crippen LogP contribution < -0.4 is 0 Å². The number of hydrogen-bond donors (Lipinski definition) is 0. The zero-order valence-corrected chi connectivity index (χ0v) is 7.90. The first kappa shape index (κ1) is 9.65. The molecule has 0 aliphatic carbocycles. The number of rotatable bonds is 3. The lowest BCUT2D eigenvalue weighted by Crippen LogP contribution is -2.10. The van der Waals surface area contributed by atoms with Gasteiger partial charge in [-0.2, -0.15) is 0 Å². The molecular weight excluding hydrogens is 162 g/mol. The van der Waals surface area contributed by atoms with Crippen molar-refractivity contribution in [1.82, 2.24) is 0 Å². The zero-order valence-electron chi connectivity index (χ0n) is 7.90. The largest absolute Gasteiger partial charge is 0.150 e. The maximum absolute atomic E-state index is 10.3. The molecule has 0 heterocycles. The van der Waals surface area contributed by atoms with Gasteiger partial charge < -0.3 is 0 Å². The first-order chi connectivity index (χ1) is 6.14. The van der Waals surface area contributed by atoms with E-state index in [1.165, 1.54) is 0 Å². The molecule has 0 saturated heterocycles. The molecule has 0 radical (unpaired) electrons. The lowest BCUT2D eigenvalue weighted by Gasteiger charge is -2.07. The van der Waals surface area contributed by atoms with Gasteiger partial charge in [-0.1, -0.05) is 47.7 Å². The van der Waals surface area contributed by atoms with Gasteiger partial charge in [0.25, 0.3) is 0 Å². The lowest BCUT2D eigenvalue weighted by molar-refractivity contribution is 0.654. The summed E-state index contributed by atoms with van der Waals surface area (Å²) < 4.78 is 0. The fourth-order valence-corrected chi connectivity index (χ4v) is 0.895. The smallest absolute Gasteiger partial charge is 0.115 e. The van der Waals surface area contributed by atoms with Crippen LogP contribution in [-0.2, 0) is 0 Å². The molecule has 0 spiro atoms. The van der Waals surface area contributed by atoms with Gasteiger partial charge in [0.15, 0.2) is 0 Å². The molecule has 0 atom stereocenters. The Morgan fingerprint density at radius 3 is 2.38 bits per heavy atom. The van der Waals surface area contributed by atoms with Crippen molar-refractivity contribution >= 4 is 6.08 Å². The molecule has 0 unspecified atom stereocenters. The van der Waals surface area contributed by atoms with Gasteiger partial charge in [-0.25, -0.2) is 0 Å². The number of hydrogen-bond acceptors (Lipinski definition) is 2. The van der Waals surface area contributed by atoms with E-state index in [9.17, 15) is 4.91 Å². The summed E-state index contributed by atoms with van der Waals surface area (Å²) >= 11 is 0. The first-order valence-electron chi connectivity index (χ1n) is 4.23. The monoisotopic (exact) mass is 175 g/mol. The average molecular weight is 175 g/mol. The minimum Gasteiger partial charge on any atom is -0.150 e. The summed E-state index contributed by atoms with van der Waals surface area (Å²) in [7, 11) is 0. The molecule has 0 saturated carbocycles. The van der Waals surface area contributed by atoms with Crippen molar-refractivity contribution in [2.24, 2.45) is 5.18 Å². The second-order valence-electron chi connectivity index (χ2n) is 3.49. The Bertz CT molecular complexity index is 301. The molecule has 1 aromatic rings. The third-order valence-corrected chi connectivity index (χ3v) is 1.72. The second kappa shape index (κ2) is 3.99. The van der Waals surface area contributed by atoms with Gasteiger partial charge in [-0.15, -0.1) is 4.91 Å². The van der Waals surface area contributed by atoms with E-state index in [-0.39, 0.29) is 0 Å². The van der Waals surface area contributed by atoms with Crippen molar-refractivity contribution in [2.75, 3.05) is 0 Å². The third kappa shape index (κ3) is 3.20. The standard InChI is InChI=1S/C11H13NO/c1-11(2,12-13)9-8-10-6-4-3-5-7-10/h3-9H,1-2H3. The van der Waals surface area contributed by atoms with Gasteiger partial charge in [-0.05, 0) is 19.4 Å². The van der Waals surface area contributed by atoms with Crippen LogP contribution >= 0.6 is 0 Å². The highest BCUT2D eigenvalue weighted by atomic mass is 16.3. The number of nitroso groups, excluding NO2 is 1. The lowest BCUT2D eigenvalue weighted by atomic mass is 10.1. The normalized spacial score (nSPS) is 11.8. The van der Waals surface area contributed by atoms with Gasteiger partial charge >= 0.3 is 0 Å². The van der Waals surface area contributed by atoms with E-state index in [4.69, 9.17) is 0 Å². The predicted molar refractivity (Wildman–Crippen MR) is 55.4 cm³/mol. The molecule has 1 rings (SSSR count). The molecule has 0 bridgehead atoms. The Kier molecular flexibility index (Phi) is 2.96. The molecule has 0 N–H and O–H groups in total. The average Bonchev–Trinajstić information content (AvgIpc) is 2.17. The van der Waals surface area contributed by atoms with Crippen molar-refractivity contribution in [3.05, 3.63) is 46.9 Å². The van der Waals surface area contributed by atoms with E-state index < -0.39 is 5.54 Å². The van der Waals surface area contributed by atoms with Crippen LogP contribution in [0.2, 0.25) is 0 Å². The van der Waals surface area contributed by atoms with Crippen LogP contribution in [0.1, 0.15) is 19.4 Å². The molecule has 0 fully saturated rings. The summed E-state index contributed by atoms with van der Waals surface area (Å²) in [6.07, 6.45) is 3.71. The maximum atomic E-state index is 10.3. The van der Waals surface area contributed by atoms with Crippen molar-refractivity contribution in [2.45, 2.75) is 19.4 Å². The van der Waals surface area contributed by atoms with Crippen LogP contribution in [0.15, 0.2) is 41.6 Å². The van der Waals surface area contributed by atoms with E-state index in [2.05, 4.69) is 5.18 Å². The zero-order chi connectivity index (χ0) is 9.73. The van der Waals surface area contributed by atoms with E-state index >= 15 is 0 Å². The van der Waals surface area contributed by atoms with Crippen LogP contribution in [0.5, 0.6) is 0 Å². The quantitative estimate of drug-likeness (QED) is 0.648. The van der Waals surface area contributed by atoms with Gasteiger partial charge in [0.05, 0.1) is 0 Å². The molecule has 0 aliphatic rings. The number of benzene rings is 1. The van der Waals surface area contributed by atoms with Gasteiger partial charge in [0.2, 0.25) is 0 Å². The predicted octanol–water partition coefficient (Wildman–Crippen LogP) is 3.24. The highest BCUT2D eigenvalue weighted by molar-refractivity contribution is 5.50. The van der Waals surface area contributed by atoms with Crippen molar-refractivity contribution in [1.29, 1.82) is 0 Å². The fraction of sp³-hybridized carbons (Fsp3) is 0.273. The van der Waals surface area contributed by atoms with Crippen LogP contribution in [0.3, 0.4) is 0 Å². The van der Waals surface area contributed by atoms with Gasteiger partial charge in [0.1, 0.15) is 5.54 Å². The van der Waals surface area contributed by atoms with Crippen molar-refractivity contribution in [3.63, 3.8) is 0 Å². The number of nitrogens with zero attached hydrogens (tertiary/aromatic N) is 1. The fourth-order valence-electron chi connectivity index (χ4n) is 0.895. The molecule has 1 aromatic carbocycles. The van der Waals surface area contributed by atoms with E-state index in [0.29, 0.717) is 0 Å². The Hall–Kier alpha value is -1.44. The molecule has 68 valence electrons. The molecule has 0 aromatic heterocycles. The van der Waals surface area contributed by atoms with Crippen LogP contribution in [0.25, 0.3) is 6.08 Å². The molecule has 2 heteroatoms. The molecule has 13 heavy (non-hydrogen) atoms. The highest BCUT2D eigenvalue weighted by Crippen LogP contribution is 2.12. The summed E-state index contributed by atoms with van der Waals surface area (Å²) in [6.45, 7) is 3.55. The Morgan fingerprint density at radius 1 is 1.23 bits per heavy atom. The minimum absolute atomic E-state index is 0.615. The van der Waals surface area contributed by atoms with Crippen LogP contribution in [0, 0.1) is 4.91 Å². The second-order valence-corrected chi connectivity index (χ2v) is 3.49. The topological polar surface area (TPSA) is 29.4 Å². The third-order valence-electron chi connectivity index (χ3n) is 1.72. The van der Waals surface area contributed by atoms with Crippen molar-refractivity contribution in [3.8, 4) is 0 Å². The summed E-state index contributed by atoms with van der Waals surface area (Å²) in [6, 6.07) is 9.84. The highest BCUT2D eigenvalue weighted by Gasteiger charge is 2.12. The molecular formula is C11H13NO. The summed E-state index contributed by atoms with van der Waals surface area (Å²) in [5.41, 5.74) is 0.467. The van der Waals surface area contributed by atoms with Crippen LogP contribution in [-0.4, -0.2) is 5.54 Å². The molecule has 2 nitrogen and oxygen atoms in total. The summed E-state index contributed by atoms with van der Waals surface area (Å²) in [5, 5.41) is 3.00. The van der Waals surface area contributed by atoms with E-state index in [1.54, 1.807) is 19.9 Å². The Labute approximate surface area is 78.3 Å². The van der Waals surface area contributed by atoms with Crippen molar-refractivity contribution < 1.29 is 0 Å². The van der Waals surface area contributed by atoms with Crippen LogP contribution in [0.4, 0.5) is 0 Å². The molecule has 0 aliphatic heterocycles.